The first-order valence-corrected chi connectivity index (χ1v) is 14.9. The van der Waals surface area contributed by atoms with Crippen molar-refractivity contribution in [3.8, 4) is 5.75 Å². The molecule has 2 amide bonds. The van der Waals surface area contributed by atoms with Crippen molar-refractivity contribution in [3.05, 3.63) is 89.7 Å². The molecule has 3 aromatic rings. The quantitative estimate of drug-likeness (QED) is 0.308. The van der Waals surface area contributed by atoms with Crippen LogP contribution in [-0.2, 0) is 26.2 Å². The number of sulfonamides is 1. The van der Waals surface area contributed by atoms with Crippen LogP contribution in [0.1, 0.15) is 38.3 Å². The molecule has 3 rings (SSSR count). The molecule has 0 aliphatic rings. The lowest BCUT2D eigenvalue weighted by Crippen LogP contribution is -2.52. The van der Waals surface area contributed by atoms with Crippen molar-refractivity contribution in [1.29, 1.82) is 0 Å². The molecule has 0 saturated carbocycles. The summed E-state index contributed by atoms with van der Waals surface area (Å²) in [5, 5.41) is 2.90. The van der Waals surface area contributed by atoms with E-state index in [2.05, 4.69) is 5.32 Å². The van der Waals surface area contributed by atoms with Crippen molar-refractivity contribution in [1.82, 2.24) is 10.2 Å². The second-order valence-corrected chi connectivity index (χ2v) is 12.1. The highest BCUT2D eigenvalue weighted by Crippen LogP contribution is 2.25. The van der Waals surface area contributed by atoms with Crippen molar-refractivity contribution in [2.24, 2.45) is 5.92 Å². The Hall–Kier alpha value is -3.92. The molecule has 0 fully saturated rings. The first kappa shape index (κ1) is 31.6. The van der Waals surface area contributed by atoms with Crippen molar-refractivity contribution in [2.75, 3.05) is 24.5 Å². The highest BCUT2D eigenvalue weighted by atomic mass is 32.2. The van der Waals surface area contributed by atoms with E-state index >= 15 is 0 Å². The maximum absolute atomic E-state index is 14.0. The summed E-state index contributed by atoms with van der Waals surface area (Å²) in [5.74, 6) is -0.595. The molecule has 0 bridgehead atoms. The monoisotopic (exact) mass is 583 g/mol. The topological polar surface area (TPSA) is 96.0 Å². The van der Waals surface area contributed by atoms with Crippen molar-refractivity contribution < 1.29 is 27.1 Å². The average molecular weight is 584 g/mol. The first-order chi connectivity index (χ1) is 19.5. The van der Waals surface area contributed by atoms with E-state index in [0.717, 1.165) is 27.6 Å². The van der Waals surface area contributed by atoms with Crippen LogP contribution in [0.2, 0.25) is 0 Å². The number of nitrogens with zero attached hydrogens (tertiary/aromatic N) is 2. The highest BCUT2D eigenvalue weighted by Gasteiger charge is 2.33. The predicted octanol–water partition coefficient (Wildman–Crippen LogP) is 4.92. The van der Waals surface area contributed by atoms with Gasteiger partial charge in [0.1, 0.15) is 24.2 Å². The van der Waals surface area contributed by atoms with E-state index < -0.39 is 34.3 Å². The minimum Gasteiger partial charge on any atom is -0.497 e. The molecule has 10 heteroatoms. The molecule has 8 nitrogen and oxygen atoms in total. The largest absolute Gasteiger partial charge is 0.497 e. The van der Waals surface area contributed by atoms with E-state index in [9.17, 15) is 22.4 Å². The third kappa shape index (κ3) is 8.29. The summed E-state index contributed by atoms with van der Waals surface area (Å²) >= 11 is 0. The Labute approximate surface area is 242 Å². The maximum atomic E-state index is 14.0. The van der Waals surface area contributed by atoms with Crippen LogP contribution in [-0.4, -0.2) is 51.4 Å². The van der Waals surface area contributed by atoms with E-state index in [1.54, 1.807) is 50.4 Å². The van der Waals surface area contributed by atoms with Crippen LogP contribution in [0, 0.1) is 18.7 Å². The van der Waals surface area contributed by atoms with Crippen LogP contribution < -0.4 is 14.4 Å². The van der Waals surface area contributed by atoms with Crippen LogP contribution in [0.3, 0.4) is 0 Å². The molecule has 3 aromatic carbocycles. The lowest BCUT2D eigenvalue weighted by Gasteiger charge is -2.33. The smallest absolute Gasteiger partial charge is 0.264 e. The molecule has 220 valence electrons. The van der Waals surface area contributed by atoms with Gasteiger partial charge in [0.15, 0.2) is 0 Å². The first-order valence-electron chi connectivity index (χ1n) is 13.5. The zero-order valence-electron chi connectivity index (χ0n) is 24.1. The average Bonchev–Trinajstić information content (AvgIpc) is 2.95. The van der Waals surface area contributed by atoms with Gasteiger partial charge < -0.3 is 15.0 Å². The van der Waals surface area contributed by atoms with Crippen LogP contribution in [0.15, 0.2) is 77.7 Å². The summed E-state index contributed by atoms with van der Waals surface area (Å²) in [6.45, 7) is 7.49. The number of aryl methyl sites for hydroxylation is 1. The number of carbonyl (C=O) groups excluding carboxylic acids is 2. The number of nitrogens with one attached hydrogen (secondary N) is 1. The highest BCUT2D eigenvalue weighted by molar-refractivity contribution is 7.92. The zero-order valence-corrected chi connectivity index (χ0v) is 24.9. The minimum absolute atomic E-state index is 0.0105. The van der Waals surface area contributed by atoms with Crippen LogP contribution >= 0.6 is 0 Å². The number of halogens is 1. The maximum Gasteiger partial charge on any atom is 0.264 e. The number of anilines is 1. The van der Waals surface area contributed by atoms with Gasteiger partial charge in [-0.3, -0.25) is 13.9 Å². The van der Waals surface area contributed by atoms with Gasteiger partial charge in [0.2, 0.25) is 11.8 Å². The number of rotatable bonds is 13. The molecule has 0 aliphatic heterocycles. The lowest BCUT2D eigenvalue weighted by atomic mass is 10.1. The van der Waals surface area contributed by atoms with Crippen molar-refractivity contribution in [2.45, 2.75) is 51.6 Å². The van der Waals surface area contributed by atoms with Gasteiger partial charge in [0, 0.05) is 13.1 Å². The Morgan fingerprint density at radius 3 is 2.10 bits per heavy atom. The minimum atomic E-state index is -4.22. The third-order valence-corrected chi connectivity index (χ3v) is 8.37. The molecule has 0 heterocycles. The molecule has 0 aromatic heterocycles. The number of methoxy groups -OCH3 is 1. The summed E-state index contributed by atoms with van der Waals surface area (Å²) < 4.78 is 47.6. The Morgan fingerprint density at radius 1 is 0.951 bits per heavy atom. The molecule has 1 unspecified atom stereocenters. The lowest BCUT2D eigenvalue weighted by molar-refractivity contribution is -0.140. The Bertz CT molecular complexity index is 1410. The zero-order chi connectivity index (χ0) is 30.2. The molecule has 0 aliphatic carbocycles. The summed E-state index contributed by atoms with van der Waals surface area (Å²) in [7, 11) is -2.67. The Morgan fingerprint density at radius 2 is 1.56 bits per heavy atom. The number of amides is 2. The summed E-state index contributed by atoms with van der Waals surface area (Å²) in [6.07, 6.45) is 0.313. The molecule has 0 spiro atoms. The van der Waals surface area contributed by atoms with Crippen LogP contribution in [0.5, 0.6) is 5.75 Å². The number of ether oxygens (including phenoxy) is 1. The predicted molar refractivity (Wildman–Crippen MR) is 158 cm³/mol. The van der Waals surface area contributed by atoms with Crippen molar-refractivity contribution in [3.63, 3.8) is 0 Å². The molecule has 1 atom stereocenters. The van der Waals surface area contributed by atoms with Gasteiger partial charge in [-0.15, -0.1) is 0 Å². The Balaban J connectivity index is 2.03. The summed E-state index contributed by atoms with van der Waals surface area (Å²) in [5.41, 5.74) is 1.74. The van der Waals surface area contributed by atoms with Gasteiger partial charge in [-0.25, -0.2) is 12.8 Å². The fourth-order valence-electron chi connectivity index (χ4n) is 4.24. The van der Waals surface area contributed by atoms with E-state index in [-0.39, 0.29) is 29.0 Å². The molecule has 0 radical (unpaired) electrons. The Kier molecular flexibility index (Phi) is 10.9. The number of benzene rings is 3. The van der Waals surface area contributed by atoms with Gasteiger partial charge >= 0.3 is 0 Å². The fourth-order valence-corrected chi connectivity index (χ4v) is 5.66. The summed E-state index contributed by atoms with van der Waals surface area (Å²) in [4.78, 5) is 28.7. The molecule has 1 N–H and O–H groups in total. The van der Waals surface area contributed by atoms with Crippen LogP contribution in [0.4, 0.5) is 10.1 Å². The molecule has 41 heavy (non-hydrogen) atoms. The van der Waals surface area contributed by atoms with Gasteiger partial charge in [-0.1, -0.05) is 50.6 Å². The van der Waals surface area contributed by atoms with E-state index in [4.69, 9.17) is 4.74 Å². The van der Waals surface area contributed by atoms with Crippen molar-refractivity contribution >= 4 is 27.5 Å². The van der Waals surface area contributed by atoms with Gasteiger partial charge in [-0.2, -0.15) is 0 Å². The number of hydrogen-bond acceptors (Lipinski definition) is 5. The molecular weight excluding hydrogens is 545 g/mol. The van der Waals surface area contributed by atoms with Gasteiger partial charge in [0.25, 0.3) is 10.0 Å². The van der Waals surface area contributed by atoms with Gasteiger partial charge in [0.05, 0.1) is 17.7 Å². The fraction of sp³-hybridized carbons (Fsp3) is 0.355. The second-order valence-electron chi connectivity index (χ2n) is 10.2. The van der Waals surface area contributed by atoms with E-state index in [1.807, 2.05) is 20.8 Å². The van der Waals surface area contributed by atoms with Gasteiger partial charge in [-0.05, 0) is 73.4 Å². The number of hydrogen-bond donors (Lipinski definition) is 1. The third-order valence-electron chi connectivity index (χ3n) is 6.58. The SMILES string of the molecule is CCC(C(=O)NCC(C)C)N(Cc1ccc(OC)cc1)C(=O)CN(c1ccc(F)cc1)S(=O)(=O)c1ccc(C)cc1. The summed E-state index contributed by atoms with van der Waals surface area (Å²) in [6, 6.07) is 17.4. The standard InChI is InChI=1S/C31H38FN3O5S/c1-6-29(31(37)33-19-22(2)3)34(20-24-9-15-27(40-5)16-10-24)30(36)21-35(26-13-11-25(32)12-14-26)41(38,39)28-17-7-23(4)8-18-28/h7-18,22,29H,6,19-21H2,1-5H3,(H,33,37). The molecule has 0 saturated heterocycles. The molecular formula is C31H38FN3O5S. The van der Waals surface area contributed by atoms with Crippen LogP contribution in [0.25, 0.3) is 0 Å². The van der Waals surface area contributed by atoms with E-state index in [0.29, 0.717) is 18.7 Å². The second kappa shape index (κ2) is 14.1. The number of carbonyl (C=O) groups is 2. The normalized spacial score (nSPS) is 12.1. The van der Waals surface area contributed by atoms with E-state index in [1.165, 1.54) is 29.2 Å².